The number of likely N-dealkylation sites (tertiary alicyclic amines) is 1. The van der Waals surface area contributed by atoms with Crippen LogP contribution < -0.4 is 0 Å². The van der Waals surface area contributed by atoms with Gasteiger partial charge in [-0.25, -0.2) is 4.79 Å². The van der Waals surface area contributed by atoms with E-state index in [-0.39, 0.29) is 30.4 Å². The molecule has 0 radical (unpaired) electrons. The lowest BCUT2D eigenvalue weighted by molar-refractivity contribution is -0.0735. The molecule has 1 heterocycles. The molecule has 0 N–H and O–H groups in total. The third-order valence-electron chi connectivity index (χ3n) is 5.11. The van der Waals surface area contributed by atoms with Crippen molar-refractivity contribution in [2.45, 2.75) is 110 Å². The van der Waals surface area contributed by atoms with Crippen molar-refractivity contribution in [3.05, 3.63) is 12.7 Å². The average Bonchev–Trinajstić information content (AvgIpc) is 2.97. The van der Waals surface area contributed by atoms with Crippen molar-refractivity contribution in [2.24, 2.45) is 0 Å². The van der Waals surface area contributed by atoms with E-state index in [9.17, 15) is 4.79 Å². The normalized spacial score (nSPS) is 24.3. The molecule has 0 aromatic heterocycles. The van der Waals surface area contributed by atoms with Crippen LogP contribution in [0.1, 0.15) is 80.1 Å². The van der Waals surface area contributed by atoms with E-state index in [1.54, 1.807) is 11.0 Å². The highest BCUT2D eigenvalue weighted by Crippen LogP contribution is 2.33. The number of unbranched alkanes of at least 4 members (excludes halogenated alkanes) is 3. The van der Waals surface area contributed by atoms with Gasteiger partial charge in [0.2, 0.25) is 0 Å². The van der Waals surface area contributed by atoms with Crippen LogP contribution in [0.3, 0.4) is 0 Å². The topological polar surface area (TPSA) is 57.2 Å². The lowest BCUT2D eigenvalue weighted by atomic mass is 10.1. The van der Waals surface area contributed by atoms with Gasteiger partial charge in [-0.1, -0.05) is 46.1 Å². The van der Waals surface area contributed by atoms with E-state index in [1.807, 2.05) is 20.8 Å². The molecule has 30 heavy (non-hydrogen) atoms. The first-order valence-electron chi connectivity index (χ1n) is 11.7. The molecule has 0 aromatic rings. The summed E-state index contributed by atoms with van der Waals surface area (Å²) in [6, 6.07) is -0.591. The highest BCUT2D eigenvalue weighted by molar-refractivity contribution is 5.70. The van der Waals surface area contributed by atoms with Gasteiger partial charge in [-0.2, -0.15) is 0 Å². The fourth-order valence-corrected chi connectivity index (χ4v) is 3.52. The van der Waals surface area contributed by atoms with Crippen LogP contribution in [0.5, 0.6) is 0 Å². The van der Waals surface area contributed by atoms with E-state index < -0.39 is 5.60 Å². The van der Waals surface area contributed by atoms with E-state index in [0.717, 1.165) is 38.5 Å². The minimum Gasteiger partial charge on any atom is -0.444 e. The summed E-state index contributed by atoms with van der Waals surface area (Å²) in [7, 11) is 0. The number of nitrogens with zero attached hydrogens (tertiary/aromatic N) is 1. The van der Waals surface area contributed by atoms with Crippen molar-refractivity contribution >= 4 is 6.09 Å². The molecule has 4 atom stereocenters. The van der Waals surface area contributed by atoms with E-state index in [2.05, 4.69) is 27.4 Å². The first-order valence-corrected chi connectivity index (χ1v) is 11.7. The van der Waals surface area contributed by atoms with Crippen molar-refractivity contribution in [1.29, 1.82) is 0 Å². The molecule has 1 fully saturated rings. The molecular weight excluding hydrogens is 382 g/mol. The second-order valence-corrected chi connectivity index (χ2v) is 8.99. The number of hydrogen-bond acceptors (Lipinski definition) is 5. The van der Waals surface area contributed by atoms with Crippen LogP contribution in [0, 0.1) is 0 Å². The Morgan fingerprint density at radius 3 is 1.97 bits per heavy atom. The zero-order valence-corrected chi connectivity index (χ0v) is 20.2. The Balaban J connectivity index is 3.13. The number of ether oxygens (including phenoxy) is 4. The van der Waals surface area contributed by atoms with Crippen molar-refractivity contribution in [1.82, 2.24) is 4.90 Å². The first-order chi connectivity index (χ1) is 14.3. The second kappa shape index (κ2) is 14.0. The molecule has 0 saturated carbocycles. The largest absolute Gasteiger partial charge is 0.444 e. The van der Waals surface area contributed by atoms with Gasteiger partial charge in [0.05, 0.1) is 18.7 Å². The predicted molar refractivity (Wildman–Crippen MR) is 121 cm³/mol. The van der Waals surface area contributed by atoms with Crippen molar-refractivity contribution in [3.8, 4) is 0 Å². The van der Waals surface area contributed by atoms with Gasteiger partial charge in [0.15, 0.2) is 0 Å². The first kappa shape index (κ1) is 26.9. The number of rotatable bonds is 14. The summed E-state index contributed by atoms with van der Waals surface area (Å²) in [6.45, 7) is 18.4. The zero-order valence-electron chi connectivity index (χ0n) is 20.2. The van der Waals surface area contributed by atoms with Crippen molar-refractivity contribution in [2.75, 3.05) is 26.4 Å². The van der Waals surface area contributed by atoms with Crippen LogP contribution in [-0.4, -0.2) is 67.3 Å². The van der Waals surface area contributed by atoms with Crippen molar-refractivity contribution < 1.29 is 23.7 Å². The summed E-state index contributed by atoms with van der Waals surface area (Å²) in [5.74, 6) is 0. The van der Waals surface area contributed by atoms with Crippen LogP contribution >= 0.6 is 0 Å². The number of carbonyl (C=O) groups excluding carboxylic acids is 1. The summed E-state index contributed by atoms with van der Waals surface area (Å²) in [6.07, 6.45) is 6.93. The molecule has 0 bridgehead atoms. The van der Waals surface area contributed by atoms with E-state index >= 15 is 0 Å². The van der Waals surface area contributed by atoms with Gasteiger partial charge < -0.3 is 18.9 Å². The Bertz CT molecular complexity index is 490. The fourth-order valence-electron chi connectivity index (χ4n) is 3.52. The Morgan fingerprint density at radius 1 is 0.933 bits per heavy atom. The zero-order chi connectivity index (χ0) is 22.6. The van der Waals surface area contributed by atoms with E-state index in [0.29, 0.717) is 26.4 Å². The third kappa shape index (κ3) is 8.56. The van der Waals surface area contributed by atoms with Gasteiger partial charge in [0.25, 0.3) is 0 Å². The number of amides is 1. The standard InChI is InChI=1S/C24H45NO5/c1-8-12-15-27-18-20-22(29-17-14-10-3)21(28-16-13-9-2)19(11-4)25(20)23(26)30-24(5,6)7/h11,19-22H,4,8-10,12-18H2,1-3,5-7H3/t19-,20-,21-,22-/m1/s1. The van der Waals surface area contributed by atoms with Crippen LogP contribution in [0.4, 0.5) is 4.79 Å². The Kier molecular flexibility index (Phi) is 12.6. The summed E-state index contributed by atoms with van der Waals surface area (Å²) in [5.41, 5.74) is -0.587. The van der Waals surface area contributed by atoms with Crippen LogP contribution in [0.15, 0.2) is 12.7 Å². The Hall–Kier alpha value is -1.11. The maximum Gasteiger partial charge on any atom is 0.411 e. The number of hydrogen-bond donors (Lipinski definition) is 0. The molecule has 0 aromatic carbocycles. The molecule has 0 spiro atoms. The van der Waals surface area contributed by atoms with Gasteiger partial charge in [0.1, 0.15) is 17.8 Å². The molecule has 1 aliphatic heterocycles. The molecule has 1 saturated heterocycles. The number of carbonyl (C=O) groups is 1. The average molecular weight is 428 g/mol. The van der Waals surface area contributed by atoms with Gasteiger partial charge in [-0.05, 0) is 40.0 Å². The molecule has 0 aliphatic carbocycles. The highest BCUT2D eigenvalue weighted by Gasteiger charge is 2.52. The fraction of sp³-hybridized carbons (Fsp3) is 0.875. The van der Waals surface area contributed by atoms with Crippen molar-refractivity contribution in [3.63, 3.8) is 0 Å². The maximum atomic E-state index is 13.2. The molecule has 1 amide bonds. The minimum atomic E-state index is -0.587. The molecule has 6 nitrogen and oxygen atoms in total. The van der Waals surface area contributed by atoms with Crippen LogP contribution in [-0.2, 0) is 18.9 Å². The Morgan fingerprint density at radius 2 is 1.47 bits per heavy atom. The molecular formula is C24H45NO5. The van der Waals surface area contributed by atoms with Gasteiger partial charge in [-0.15, -0.1) is 6.58 Å². The molecule has 6 heteroatoms. The maximum absolute atomic E-state index is 13.2. The highest BCUT2D eigenvalue weighted by atomic mass is 16.6. The quantitative estimate of drug-likeness (QED) is 0.276. The second-order valence-electron chi connectivity index (χ2n) is 8.99. The molecule has 1 aliphatic rings. The lowest BCUT2D eigenvalue weighted by Crippen LogP contribution is -2.48. The lowest BCUT2D eigenvalue weighted by Gasteiger charge is -2.32. The molecule has 0 unspecified atom stereocenters. The SMILES string of the molecule is C=C[C@@H]1[C@@H](OCCCC)[C@H](OCCCC)[C@@H](COCCCC)N1C(=O)OC(C)(C)C. The minimum absolute atomic E-state index is 0.273. The monoisotopic (exact) mass is 427 g/mol. The summed E-state index contributed by atoms with van der Waals surface area (Å²) < 4.78 is 24.2. The van der Waals surface area contributed by atoms with Gasteiger partial charge in [0, 0.05) is 19.8 Å². The Labute approximate surface area is 184 Å². The predicted octanol–water partition coefficient (Wildman–Crippen LogP) is 5.35. The summed E-state index contributed by atoms with van der Waals surface area (Å²) in [4.78, 5) is 14.9. The van der Waals surface area contributed by atoms with Crippen LogP contribution in [0.25, 0.3) is 0 Å². The third-order valence-corrected chi connectivity index (χ3v) is 5.11. The van der Waals surface area contributed by atoms with E-state index in [1.165, 1.54) is 0 Å². The molecule has 176 valence electrons. The smallest absolute Gasteiger partial charge is 0.411 e. The molecule has 1 rings (SSSR count). The van der Waals surface area contributed by atoms with Gasteiger partial charge >= 0.3 is 6.09 Å². The summed E-state index contributed by atoms with van der Waals surface area (Å²) >= 11 is 0. The van der Waals surface area contributed by atoms with E-state index in [4.69, 9.17) is 18.9 Å². The van der Waals surface area contributed by atoms with Crippen LogP contribution in [0.2, 0.25) is 0 Å². The summed E-state index contributed by atoms with van der Waals surface area (Å²) in [5, 5.41) is 0. The van der Waals surface area contributed by atoms with Gasteiger partial charge in [-0.3, -0.25) is 4.90 Å².